The van der Waals surface area contributed by atoms with E-state index in [0.717, 1.165) is 17.9 Å². The molecule has 0 bridgehead atoms. The number of anilines is 1. The van der Waals surface area contributed by atoms with E-state index in [0.29, 0.717) is 0 Å². The first kappa shape index (κ1) is 11.0. The Labute approximate surface area is 85.9 Å². The van der Waals surface area contributed by atoms with Gasteiger partial charge < -0.3 is 10.6 Å². The lowest BCUT2D eigenvalue weighted by atomic mass is 10.1. The molecular formula is C11H19N3. The van der Waals surface area contributed by atoms with E-state index >= 15 is 0 Å². The minimum atomic E-state index is 0.0576. The number of nitrogens with zero attached hydrogens (tertiary/aromatic N) is 2. The summed E-state index contributed by atoms with van der Waals surface area (Å²) in [5, 5.41) is 0. The van der Waals surface area contributed by atoms with Crippen LogP contribution in [0.15, 0.2) is 12.3 Å². The van der Waals surface area contributed by atoms with Crippen molar-refractivity contribution >= 4 is 5.82 Å². The van der Waals surface area contributed by atoms with Gasteiger partial charge in [0.05, 0.1) is 0 Å². The van der Waals surface area contributed by atoms with Gasteiger partial charge in [0.15, 0.2) is 0 Å². The van der Waals surface area contributed by atoms with Crippen molar-refractivity contribution in [2.24, 2.45) is 5.73 Å². The van der Waals surface area contributed by atoms with E-state index in [9.17, 15) is 0 Å². The van der Waals surface area contributed by atoms with Gasteiger partial charge in [-0.15, -0.1) is 0 Å². The van der Waals surface area contributed by atoms with Crippen molar-refractivity contribution in [3.63, 3.8) is 0 Å². The third-order valence-corrected chi connectivity index (χ3v) is 2.43. The maximum atomic E-state index is 5.79. The zero-order valence-corrected chi connectivity index (χ0v) is 9.41. The fourth-order valence-electron chi connectivity index (χ4n) is 1.39. The normalized spacial score (nSPS) is 12.6. The molecule has 78 valence electrons. The highest BCUT2D eigenvalue weighted by molar-refractivity contribution is 5.46. The van der Waals surface area contributed by atoms with E-state index in [2.05, 4.69) is 29.8 Å². The maximum absolute atomic E-state index is 5.79. The van der Waals surface area contributed by atoms with E-state index in [-0.39, 0.29) is 6.04 Å². The first-order valence-corrected chi connectivity index (χ1v) is 4.99. The quantitative estimate of drug-likeness (QED) is 0.796. The molecule has 2 N–H and O–H groups in total. The Morgan fingerprint density at radius 1 is 1.57 bits per heavy atom. The molecule has 1 heterocycles. The van der Waals surface area contributed by atoms with Crippen LogP contribution in [0.3, 0.4) is 0 Å². The molecule has 0 saturated heterocycles. The highest BCUT2D eigenvalue weighted by atomic mass is 15.2. The first-order valence-electron chi connectivity index (χ1n) is 4.99. The molecule has 0 aliphatic carbocycles. The zero-order chi connectivity index (χ0) is 10.7. The maximum Gasteiger partial charge on any atom is 0.131 e. The molecule has 0 spiro atoms. The van der Waals surface area contributed by atoms with Crippen molar-refractivity contribution in [3.05, 3.63) is 23.4 Å². The molecule has 1 aromatic rings. The fraction of sp³-hybridized carbons (Fsp3) is 0.545. The predicted molar refractivity (Wildman–Crippen MR) is 60.5 cm³/mol. The van der Waals surface area contributed by atoms with Crippen LogP contribution in [0.4, 0.5) is 5.82 Å². The van der Waals surface area contributed by atoms with Crippen LogP contribution in [-0.2, 0) is 0 Å². The number of aromatic nitrogens is 1. The van der Waals surface area contributed by atoms with E-state index in [4.69, 9.17) is 5.73 Å². The minimum absolute atomic E-state index is 0.0576. The van der Waals surface area contributed by atoms with Crippen LogP contribution >= 0.6 is 0 Å². The third kappa shape index (κ3) is 2.23. The summed E-state index contributed by atoms with van der Waals surface area (Å²) in [7, 11) is 2.04. The second kappa shape index (κ2) is 4.42. The molecule has 1 atom stereocenters. The Balaban J connectivity index is 3.01. The highest BCUT2D eigenvalue weighted by Crippen LogP contribution is 2.18. The van der Waals surface area contributed by atoms with Crippen LogP contribution in [0.25, 0.3) is 0 Å². The standard InChI is InChI=1S/C11H19N3/c1-5-14(4)11-8(2)6-10(7-13-11)9(3)12/h6-7,9H,5,12H2,1-4H3. The molecular weight excluding hydrogens is 174 g/mol. The summed E-state index contributed by atoms with van der Waals surface area (Å²) in [5.41, 5.74) is 8.07. The van der Waals surface area contributed by atoms with E-state index in [1.807, 2.05) is 20.2 Å². The van der Waals surface area contributed by atoms with Crippen molar-refractivity contribution in [2.75, 3.05) is 18.5 Å². The molecule has 14 heavy (non-hydrogen) atoms. The zero-order valence-electron chi connectivity index (χ0n) is 9.41. The van der Waals surface area contributed by atoms with Crippen molar-refractivity contribution in [1.82, 2.24) is 4.98 Å². The van der Waals surface area contributed by atoms with Crippen molar-refractivity contribution in [2.45, 2.75) is 26.8 Å². The monoisotopic (exact) mass is 193 g/mol. The number of hydrogen-bond donors (Lipinski definition) is 1. The highest BCUT2D eigenvalue weighted by Gasteiger charge is 2.07. The fourth-order valence-corrected chi connectivity index (χ4v) is 1.39. The molecule has 0 amide bonds. The Morgan fingerprint density at radius 2 is 2.21 bits per heavy atom. The van der Waals surface area contributed by atoms with Gasteiger partial charge in [0.1, 0.15) is 5.82 Å². The van der Waals surface area contributed by atoms with Gasteiger partial charge in [-0.25, -0.2) is 4.98 Å². The largest absolute Gasteiger partial charge is 0.360 e. The van der Waals surface area contributed by atoms with E-state index in [1.165, 1.54) is 5.56 Å². The van der Waals surface area contributed by atoms with E-state index < -0.39 is 0 Å². The van der Waals surface area contributed by atoms with E-state index in [1.54, 1.807) is 0 Å². The SMILES string of the molecule is CCN(C)c1ncc(C(C)N)cc1C. The Morgan fingerprint density at radius 3 is 2.64 bits per heavy atom. The lowest BCUT2D eigenvalue weighted by Gasteiger charge is -2.19. The molecule has 0 aromatic carbocycles. The molecule has 3 nitrogen and oxygen atoms in total. The van der Waals surface area contributed by atoms with Gasteiger partial charge in [-0.3, -0.25) is 0 Å². The minimum Gasteiger partial charge on any atom is -0.360 e. The average Bonchev–Trinajstić information content (AvgIpc) is 2.16. The number of hydrogen-bond acceptors (Lipinski definition) is 3. The van der Waals surface area contributed by atoms with Crippen molar-refractivity contribution < 1.29 is 0 Å². The summed E-state index contributed by atoms with van der Waals surface area (Å²) in [6, 6.07) is 2.17. The van der Waals surface area contributed by atoms with Crippen LogP contribution in [0.1, 0.15) is 31.0 Å². The topological polar surface area (TPSA) is 42.2 Å². The number of nitrogens with two attached hydrogens (primary N) is 1. The van der Waals surface area contributed by atoms with Gasteiger partial charge in [0.25, 0.3) is 0 Å². The van der Waals surface area contributed by atoms with Gasteiger partial charge in [-0.2, -0.15) is 0 Å². The van der Waals surface area contributed by atoms with Crippen LogP contribution in [0.2, 0.25) is 0 Å². The molecule has 1 aromatic heterocycles. The van der Waals surface area contributed by atoms with Gasteiger partial charge in [0.2, 0.25) is 0 Å². The van der Waals surface area contributed by atoms with Crippen LogP contribution in [0.5, 0.6) is 0 Å². The smallest absolute Gasteiger partial charge is 0.131 e. The molecule has 0 saturated carbocycles. The molecule has 1 rings (SSSR count). The molecule has 0 radical (unpaired) electrons. The van der Waals surface area contributed by atoms with Gasteiger partial charge in [-0.1, -0.05) is 0 Å². The molecule has 0 fully saturated rings. The summed E-state index contributed by atoms with van der Waals surface area (Å²) in [4.78, 5) is 6.54. The van der Waals surface area contributed by atoms with Crippen molar-refractivity contribution in [3.8, 4) is 0 Å². The van der Waals surface area contributed by atoms with Gasteiger partial charge in [0, 0.05) is 25.8 Å². The molecule has 1 unspecified atom stereocenters. The average molecular weight is 193 g/mol. The second-order valence-corrected chi connectivity index (χ2v) is 3.71. The van der Waals surface area contributed by atoms with Crippen molar-refractivity contribution in [1.29, 1.82) is 0 Å². The molecule has 0 aliphatic heterocycles. The summed E-state index contributed by atoms with van der Waals surface area (Å²) < 4.78 is 0. The lowest BCUT2D eigenvalue weighted by molar-refractivity contribution is 0.806. The molecule has 3 heteroatoms. The summed E-state index contributed by atoms with van der Waals surface area (Å²) >= 11 is 0. The van der Waals surface area contributed by atoms with Gasteiger partial charge in [-0.05, 0) is 38.0 Å². The first-order chi connectivity index (χ1) is 6.56. The number of pyridine rings is 1. The number of aryl methyl sites for hydroxylation is 1. The van der Waals surface area contributed by atoms with Gasteiger partial charge >= 0.3 is 0 Å². The summed E-state index contributed by atoms with van der Waals surface area (Å²) in [6.45, 7) is 7.12. The van der Waals surface area contributed by atoms with Crippen LogP contribution in [-0.4, -0.2) is 18.6 Å². The predicted octanol–water partition coefficient (Wildman–Crippen LogP) is 1.87. The lowest BCUT2D eigenvalue weighted by Crippen LogP contribution is -2.19. The Bertz CT molecular complexity index is 307. The number of rotatable bonds is 3. The van der Waals surface area contributed by atoms with Crippen LogP contribution < -0.4 is 10.6 Å². The Hall–Kier alpha value is -1.09. The Kier molecular flexibility index (Phi) is 3.47. The second-order valence-electron chi connectivity index (χ2n) is 3.71. The summed E-state index contributed by atoms with van der Waals surface area (Å²) in [5.74, 6) is 1.04. The third-order valence-electron chi connectivity index (χ3n) is 2.43. The summed E-state index contributed by atoms with van der Waals surface area (Å²) in [6.07, 6.45) is 1.86. The molecule has 0 aliphatic rings. The van der Waals surface area contributed by atoms with Crippen LogP contribution in [0, 0.1) is 6.92 Å².